The molecule has 3 aliphatic rings. The van der Waals surface area contributed by atoms with Crippen LogP contribution in [0.15, 0.2) is 37.0 Å². The van der Waals surface area contributed by atoms with Gasteiger partial charge in [-0.3, -0.25) is 0 Å². The van der Waals surface area contributed by atoms with Gasteiger partial charge in [-0.25, -0.2) is 4.79 Å². The summed E-state index contributed by atoms with van der Waals surface area (Å²) in [7, 11) is 0. The minimum Gasteiger partial charge on any atom is -0.420 e. The molecule has 3 aliphatic heterocycles. The van der Waals surface area contributed by atoms with Crippen LogP contribution in [0.3, 0.4) is 0 Å². The third-order valence-corrected chi connectivity index (χ3v) is 8.61. The third-order valence-electron chi connectivity index (χ3n) is 2.86. The lowest BCUT2D eigenvalue weighted by atomic mass is 10.1. The number of hydrogen-bond acceptors (Lipinski definition) is 6. The van der Waals surface area contributed by atoms with Crippen molar-refractivity contribution in [3.8, 4) is 0 Å². The van der Waals surface area contributed by atoms with Gasteiger partial charge in [0.2, 0.25) is 0 Å². The van der Waals surface area contributed by atoms with Crippen LogP contribution in [0.5, 0.6) is 0 Å². The highest BCUT2D eigenvalue weighted by Crippen LogP contribution is 2.61. The number of benzene rings is 1. The SMILES string of the molecule is O=C1OC(=C2SC3=C(SCCS3)S2)c2ccccc21. The Morgan fingerprint density at radius 2 is 1.53 bits per heavy atom. The van der Waals surface area contributed by atoms with Gasteiger partial charge in [0.1, 0.15) is 0 Å². The normalized spacial score (nSPS) is 21.6. The first-order valence-corrected chi connectivity index (χ1v) is 9.35. The molecule has 19 heavy (non-hydrogen) atoms. The quantitative estimate of drug-likeness (QED) is 0.649. The van der Waals surface area contributed by atoms with E-state index in [1.807, 2.05) is 47.8 Å². The van der Waals surface area contributed by atoms with E-state index >= 15 is 0 Å². The van der Waals surface area contributed by atoms with Crippen LogP contribution >= 0.6 is 47.0 Å². The second kappa shape index (κ2) is 4.84. The molecule has 0 saturated heterocycles. The zero-order valence-corrected chi connectivity index (χ0v) is 12.9. The number of thioether (sulfide) groups is 4. The molecule has 1 aromatic rings. The Bertz CT molecular complexity index is 628. The molecule has 0 aliphatic carbocycles. The first-order valence-electron chi connectivity index (χ1n) is 5.74. The average Bonchev–Trinajstić information content (AvgIpc) is 3.01. The molecule has 0 spiro atoms. The summed E-state index contributed by atoms with van der Waals surface area (Å²) in [4.78, 5) is 11.8. The topological polar surface area (TPSA) is 26.3 Å². The van der Waals surface area contributed by atoms with Crippen molar-refractivity contribution in [2.45, 2.75) is 0 Å². The lowest BCUT2D eigenvalue weighted by Gasteiger charge is -2.08. The van der Waals surface area contributed by atoms with Crippen LogP contribution in [0.1, 0.15) is 15.9 Å². The molecule has 0 fully saturated rings. The standard InChI is InChI=1S/C13H8O2S4/c14-10-8-4-2-1-3-7(8)9(15-10)11-18-12-13(19-11)17-6-5-16-12/h1-4H,5-6H2. The Hall–Kier alpha value is -0.430. The summed E-state index contributed by atoms with van der Waals surface area (Å²) in [6.45, 7) is 0. The van der Waals surface area contributed by atoms with Crippen LogP contribution in [-0.4, -0.2) is 17.5 Å². The Morgan fingerprint density at radius 1 is 0.895 bits per heavy atom. The zero-order valence-electron chi connectivity index (χ0n) is 9.67. The van der Waals surface area contributed by atoms with Gasteiger partial charge in [0.15, 0.2) is 5.76 Å². The van der Waals surface area contributed by atoms with Gasteiger partial charge in [-0.15, -0.1) is 23.5 Å². The molecule has 0 atom stereocenters. The molecule has 2 nitrogen and oxygen atoms in total. The fraction of sp³-hybridized carbons (Fsp3) is 0.154. The van der Waals surface area contributed by atoms with Crippen molar-refractivity contribution in [2.24, 2.45) is 0 Å². The molecule has 0 saturated carbocycles. The van der Waals surface area contributed by atoms with Gasteiger partial charge in [0.25, 0.3) is 0 Å². The largest absolute Gasteiger partial charge is 0.420 e. The predicted molar refractivity (Wildman–Crippen MR) is 85.9 cm³/mol. The molecular weight excluding hydrogens is 316 g/mol. The molecule has 0 aromatic heterocycles. The van der Waals surface area contributed by atoms with Crippen molar-refractivity contribution < 1.29 is 9.53 Å². The summed E-state index contributed by atoms with van der Waals surface area (Å²) in [5.74, 6) is 2.84. The highest BCUT2D eigenvalue weighted by Gasteiger charge is 2.34. The number of rotatable bonds is 0. The van der Waals surface area contributed by atoms with Gasteiger partial charge >= 0.3 is 5.97 Å². The summed E-state index contributed by atoms with van der Waals surface area (Å²) in [5.41, 5.74) is 1.61. The molecule has 3 heterocycles. The van der Waals surface area contributed by atoms with Gasteiger partial charge in [-0.2, -0.15) is 0 Å². The molecule has 0 bridgehead atoms. The maximum atomic E-state index is 11.8. The number of esters is 1. The number of ether oxygens (including phenoxy) is 1. The van der Waals surface area contributed by atoms with E-state index in [2.05, 4.69) is 0 Å². The third kappa shape index (κ3) is 2.05. The van der Waals surface area contributed by atoms with E-state index in [4.69, 9.17) is 4.74 Å². The predicted octanol–water partition coefficient (Wildman–Crippen LogP) is 4.57. The van der Waals surface area contributed by atoms with Crippen LogP contribution in [0, 0.1) is 0 Å². The molecule has 0 amide bonds. The van der Waals surface area contributed by atoms with Crippen LogP contribution < -0.4 is 0 Å². The van der Waals surface area contributed by atoms with E-state index in [1.54, 1.807) is 23.5 Å². The fourth-order valence-electron chi connectivity index (χ4n) is 2.02. The van der Waals surface area contributed by atoms with Crippen LogP contribution in [0.2, 0.25) is 0 Å². The van der Waals surface area contributed by atoms with E-state index in [0.717, 1.165) is 27.1 Å². The number of hydrogen-bond donors (Lipinski definition) is 0. The van der Waals surface area contributed by atoms with Crippen LogP contribution in [0.25, 0.3) is 5.76 Å². The number of carbonyl (C=O) groups is 1. The summed E-state index contributed by atoms with van der Waals surface area (Å²) < 4.78 is 9.31. The van der Waals surface area contributed by atoms with Crippen molar-refractivity contribution in [3.63, 3.8) is 0 Å². The van der Waals surface area contributed by atoms with Crippen LogP contribution in [0.4, 0.5) is 0 Å². The highest BCUT2D eigenvalue weighted by atomic mass is 32.3. The van der Waals surface area contributed by atoms with Gasteiger partial charge in [-0.05, 0) is 6.07 Å². The minimum absolute atomic E-state index is 0.232. The number of carbonyl (C=O) groups excluding carboxylic acids is 1. The molecule has 4 rings (SSSR count). The van der Waals surface area contributed by atoms with Gasteiger partial charge in [0.05, 0.1) is 18.3 Å². The smallest absolute Gasteiger partial charge is 0.344 e. The van der Waals surface area contributed by atoms with E-state index < -0.39 is 0 Å². The summed E-state index contributed by atoms with van der Waals surface area (Å²) in [5, 5.41) is 0. The van der Waals surface area contributed by atoms with Gasteiger partial charge < -0.3 is 4.74 Å². The van der Waals surface area contributed by atoms with Crippen molar-refractivity contribution >= 4 is 58.8 Å². The summed E-state index contributed by atoms with van der Waals surface area (Å²) >= 11 is 7.30. The Balaban J connectivity index is 1.75. The van der Waals surface area contributed by atoms with E-state index in [0.29, 0.717) is 5.56 Å². The zero-order chi connectivity index (χ0) is 12.8. The Morgan fingerprint density at radius 3 is 2.21 bits per heavy atom. The highest BCUT2D eigenvalue weighted by molar-refractivity contribution is 8.41. The first kappa shape index (κ1) is 12.3. The number of fused-ring (bicyclic) bond motifs is 1. The van der Waals surface area contributed by atoms with Crippen LogP contribution in [-0.2, 0) is 4.74 Å². The van der Waals surface area contributed by atoms with E-state index in [-0.39, 0.29) is 5.97 Å². The lowest BCUT2D eigenvalue weighted by Crippen LogP contribution is -1.92. The monoisotopic (exact) mass is 324 g/mol. The van der Waals surface area contributed by atoms with Crippen molar-refractivity contribution in [2.75, 3.05) is 11.5 Å². The van der Waals surface area contributed by atoms with E-state index in [1.165, 1.54) is 8.47 Å². The maximum Gasteiger partial charge on any atom is 0.344 e. The molecular formula is C13H8O2S4. The van der Waals surface area contributed by atoms with Gasteiger partial charge in [0, 0.05) is 17.1 Å². The van der Waals surface area contributed by atoms with Gasteiger partial charge in [-0.1, -0.05) is 41.7 Å². The van der Waals surface area contributed by atoms with E-state index in [9.17, 15) is 4.79 Å². The summed E-state index contributed by atoms with van der Waals surface area (Å²) in [6, 6.07) is 7.60. The fourth-order valence-corrected chi connectivity index (χ4v) is 7.95. The maximum absolute atomic E-state index is 11.8. The van der Waals surface area contributed by atoms with Crippen molar-refractivity contribution in [1.29, 1.82) is 0 Å². The average molecular weight is 324 g/mol. The number of cyclic esters (lactones) is 1. The summed E-state index contributed by atoms with van der Waals surface area (Å²) in [6.07, 6.45) is 0. The molecule has 0 unspecified atom stereocenters. The second-order valence-electron chi connectivity index (χ2n) is 4.03. The molecule has 1 aromatic carbocycles. The molecule has 6 heteroatoms. The first-order chi connectivity index (χ1) is 9.33. The molecule has 96 valence electrons. The second-order valence-corrected chi connectivity index (χ2v) is 9.05. The van der Waals surface area contributed by atoms with Crippen molar-refractivity contribution in [1.82, 2.24) is 0 Å². The minimum atomic E-state index is -0.232. The van der Waals surface area contributed by atoms with Crippen molar-refractivity contribution in [3.05, 3.63) is 48.1 Å². The molecule has 0 N–H and O–H groups in total. The lowest BCUT2D eigenvalue weighted by molar-refractivity contribution is 0.0716. The molecule has 0 radical (unpaired) electrons. The Labute approximate surface area is 127 Å². The Kier molecular flexibility index (Phi) is 3.14.